The van der Waals surface area contributed by atoms with Crippen molar-refractivity contribution in [3.05, 3.63) is 28.9 Å². The normalized spacial score (nSPS) is 10.8. The van der Waals surface area contributed by atoms with Crippen molar-refractivity contribution in [1.82, 2.24) is 9.19 Å². The van der Waals surface area contributed by atoms with Crippen molar-refractivity contribution in [2.75, 3.05) is 0 Å². The average molecular weight is 247 g/mol. The fourth-order valence-corrected chi connectivity index (χ4v) is 1.82. The predicted molar refractivity (Wildman–Crippen MR) is 51.5 cm³/mol. The second kappa shape index (κ2) is 3.06. The number of benzene rings is 1. The van der Waals surface area contributed by atoms with Crippen molar-refractivity contribution in [3.63, 3.8) is 0 Å². The lowest BCUT2D eigenvalue weighted by Gasteiger charge is -1.94. The molecule has 0 atom stereocenters. The summed E-state index contributed by atoms with van der Waals surface area (Å²) in [5, 5.41) is 4.77. The molecule has 0 aliphatic heterocycles. The summed E-state index contributed by atoms with van der Waals surface area (Å²) in [5.41, 5.74) is 0.775. The number of nitrogens with zero attached hydrogens (tertiary/aromatic N) is 2. The Labute approximate surface area is 81.3 Å². The van der Waals surface area contributed by atoms with Crippen LogP contribution in [0.5, 0.6) is 0 Å². The molecule has 0 amide bonds. The third-order valence-electron chi connectivity index (χ3n) is 1.59. The maximum atomic E-state index is 12.2. The van der Waals surface area contributed by atoms with Gasteiger partial charge in [-0.2, -0.15) is 9.19 Å². The molecule has 0 N–H and O–H groups in total. The molecule has 0 spiro atoms. The Morgan fingerprint density at radius 3 is 3.08 bits per heavy atom. The molecule has 1 aromatic carbocycles. The highest BCUT2D eigenvalue weighted by Crippen LogP contribution is 2.25. The third kappa shape index (κ3) is 1.13. The van der Waals surface area contributed by atoms with Gasteiger partial charge in [0.2, 0.25) is 0 Å². The van der Waals surface area contributed by atoms with E-state index in [1.54, 1.807) is 6.20 Å². The molecule has 0 unspecified atom stereocenters. The van der Waals surface area contributed by atoms with E-state index in [0.717, 1.165) is 15.4 Å². The number of rotatable bonds is 1. The molecule has 2 aromatic rings. The number of aromatic nitrogens is 2. The van der Waals surface area contributed by atoms with Gasteiger partial charge >= 0.3 is 0 Å². The summed E-state index contributed by atoms with van der Waals surface area (Å²) >= 11 is 3.45. The van der Waals surface area contributed by atoms with Gasteiger partial charge in [0.15, 0.2) is 12.3 Å². The van der Waals surface area contributed by atoms with Crippen LogP contribution >= 0.6 is 28.3 Å². The Balaban J connectivity index is 2.80. The van der Waals surface area contributed by atoms with Gasteiger partial charge in [0.25, 0.3) is 0 Å². The smallest absolute Gasteiger partial charge is 0.176 e. The monoisotopic (exact) mass is 246 g/mol. The van der Waals surface area contributed by atoms with Crippen LogP contribution in [0.4, 0.5) is 3.89 Å². The lowest BCUT2D eigenvalue weighted by molar-refractivity contribution is 0.888. The first-order chi connectivity index (χ1) is 5.83. The fraction of sp³-hybridized carbons (Fsp3) is 0. The van der Waals surface area contributed by atoms with Crippen LogP contribution in [-0.2, 0) is 0 Å². The van der Waals surface area contributed by atoms with E-state index < -0.39 is 0 Å². The maximum Gasteiger partial charge on any atom is 0.188 e. The minimum Gasteiger partial charge on any atom is -0.176 e. The molecular weight excluding hydrogens is 243 g/mol. The first-order valence-electron chi connectivity index (χ1n) is 3.24. The van der Waals surface area contributed by atoms with E-state index in [1.807, 2.05) is 18.2 Å². The topological polar surface area (TPSA) is 17.8 Å². The average Bonchev–Trinajstić information content (AvgIpc) is 2.49. The summed E-state index contributed by atoms with van der Waals surface area (Å²) in [4.78, 5) is 0. The van der Waals surface area contributed by atoms with Gasteiger partial charge in [0.05, 0.1) is 11.7 Å². The number of halogens is 2. The molecule has 0 saturated carbocycles. The highest BCUT2D eigenvalue weighted by molar-refractivity contribution is 9.10. The van der Waals surface area contributed by atoms with Crippen LogP contribution in [0.2, 0.25) is 0 Å². The summed E-state index contributed by atoms with van der Waals surface area (Å²) < 4.78 is 14.4. The van der Waals surface area contributed by atoms with Crippen molar-refractivity contribution in [2.45, 2.75) is 0 Å². The predicted octanol–water partition coefficient (Wildman–Crippen LogP) is 3.18. The van der Waals surface area contributed by atoms with Crippen LogP contribution < -0.4 is 0 Å². The van der Waals surface area contributed by atoms with E-state index in [4.69, 9.17) is 0 Å². The van der Waals surface area contributed by atoms with Crippen LogP contribution in [0, 0.1) is 0 Å². The van der Waals surface area contributed by atoms with Gasteiger partial charge < -0.3 is 0 Å². The largest absolute Gasteiger partial charge is 0.188 e. The Morgan fingerprint density at radius 1 is 1.50 bits per heavy atom. The summed E-state index contributed by atoms with van der Waals surface area (Å²) in [6, 6.07) is 5.57. The molecule has 62 valence electrons. The minimum atomic E-state index is 0.0984. The van der Waals surface area contributed by atoms with Crippen molar-refractivity contribution in [1.29, 1.82) is 0 Å². The van der Waals surface area contributed by atoms with E-state index in [-0.39, 0.29) is 12.3 Å². The first-order valence-corrected chi connectivity index (χ1v) is 4.71. The van der Waals surface area contributed by atoms with E-state index in [1.165, 1.54) is 4.09 Å². The van der Waals surface area contributed by atoms with Crippen molar-refractivity contribution in [2.24, 2.45) is 0 Å². The summed E-state index contributed by atoms with van der Waals surface area (Å²) in [7, 11) is 0. The van der Waals surface area contributed by atoms with Crippen molar-refractivity contribution < 1.29 is 3.89 Å². The Kier molecular flexibility index (Phi) is 2.06. The van der Waals surface area contributed by atoms with E-state index >= 15 is 0 Å². The number of hydrogen-bond acceptors (Lipinski definition) is 2. The Bertz CT molecular complexity index is 415. The lowest BCUT2D eigenvalue weighted by atomic mass is 10.3. The Morgan fingerprint density at radius 2 is 2.33 bits per heavy atom. The van der Waals surface area contributed by atoms with E-state index in [0.29, 0.717) is 0 Å². The highest BCUT2D eigenvalue weighted by atomic mass is 79.9. The van der Waals surface area contributed by atoms with Crippen molar-refractivity contribution >= 4 is 39.2 Å². The van der Waals surface area contributed by atoms with E-state index in [9.17, 15) is 3.89 Å². The van der Waals surface area contributed by atoms with Crippen LogP contribution in [0.25, 0.3) is 10.9 Å². The molecular formula is C7H4BrFN2S. The maximum absolute atomic E-state index is 12.2. The van der Waals surface area contributed by atoms with E-state index in [2.05, 4.69) is 21.0 Å². The van der Waals surface area contributed by atoms with Gasteiger partial charge in [-0.15, -0.1) is 3.89 Å². The number of hydrogen-bond donors (Lipinski definition) is 0. The van der Waals surface area contributed by atoms with Crippen LogP contribution in [-0.4, -0.2) is 9.19 Å². The van der Waals surface area contributed by atoms with Gasteiger partial charge in [0.1, 0.15) is 0 Å². The lowest BCUT2D eigenvalue weighted by Crippen LogP contribution is -1.83. The molecule has 0 aliphatic carbocycles. The summed E-state index contributed by atoms with van der Waals surface area (Å²) in [6.07, 6.45) is 1.63. The first kappa shape index (κ1) is 8.07. The fourth-order valence-electron chi connectivity index (χ4n) is 1.05. The zero-order valence-electron chi connectivity index (χ0n) is 5.87. The molecule has 0 bridgehead atoms. The molecule has 5 heteroatoms. The number of fused-ring (bicyclic) bond motifs is 1. The standard InChI is InChI=1S/C7H4BrFN2S/c8-6-2-1-3-7-5(6)4-10-11(7)12-9/h1-4H. The molecule has 0 fully saturated rings. The highest BCUT2D eigenvalue weighted by Gasteiger charge is 2.04. The molecule has 0 aliphatic rings. The zero-order chi connectivity index (χ0) is 8.55. The Hall–Kier alpha value is -0.550. The molecule has 12 heavy (non-hydrogen) atoms. The summed E-state index contributed by atoms with van der Waals surface area (Å²) in [6.45, 7) is 0. The second-order valence-electron chi connectivity index (χ2n) is 2.26. The van der Waals surface area contributed by atoms with Gasteiger partial charge in [-0.1, -0.05) is 22.0 Å². The molecule has 0 radical (unpaired) electrons. The SMILES string of the molecule is FSn1ncc2c(Br)cccc21. The third-order valence-corrected chi connectivity index (χ3v) is 2.71. The molecule has 1 heterocycles. The quantitative estimate of drug-likeness (QED) is 0.770. The molecule has 2 rings (SSSR count). The van der Waals surface area contributed by atoms with Gasteiger partial charge in [-0.25, -0.2) is 0 Å². The van der Waals surface area contributed by atoms with Crippen LogP contribution in [0.15, 0.2) is 28.9 Å². The molecule has 1 aromatic heterocycles. The molecule has 0 saturated heterocycles. The zero-order valence-corrected chi connectivity index (χ0v) is 8.27. The minimum absolute atomic E-state index is 0.0984. The summed E-state index contributed by atoms with van der Waals surface area (Å²) in [5.74, 6) is 0. The van der Waals surface area contributed by atoms with Gasteiger partial charge in [-0.3, -0.25) is 0 Å². The second-order valence-corrected chi connectivity index (χ2v) is 3.60. The van der Waals surface area contributed by atoms with Crippen molar-refractivity contribution in [3.8, 4) is 0 Å². The van der Waals surface area contributed by atoms with Crippen LogP contribution in [0.3, 0.4) is 0 Å². The molecule has 2 nitrogen and oxygen atoms in total. The van der Waals surface area contributed by atoms with Gasteiger partial charge in [-0.05, 0) is 12.1 Å². The van der Waals surface area contributed by atoms with Crippen LogP contribution in [0.1, 0.15) is 0 Å². The van der Waals surface area contributed by atoms with Gasteiger partial charge in [0, 0.05) is 9.86 Å².